The molecule has 3 atom stereocenters. The SMILES string of the molecule is CC(=NC1C[I-]1)C1=CCCC(NC=CN2CC3CC(C2)[NH2+]3)=C1O. The second-order valence-electron chi connectivity index (χ2n) is 6.80. The van der Waals surface area contributed by atoms with Gasteiger partial charge >= 0.3 is 136 Å². The molecule has 0 amide bonds. The van der Waals surface area contributed by atoms with Gasteiger partial charge in [0.2, 0.25) is 0 Å². The zero-order valence-electron chi connectivity index (χ0n) is 13.5. The Morgan fingerprint density at radius 2 is 2.22 bits per heavy atom. The van der Waals surface area contributed by atoms with Gasteiger partial charge in [0.05, 0.1) is 6.42 Å². The number of halogens is 1. The molecular weight excluding hydrogens is 403 g/mol. The van der Waals surface area contributed by atoms with Crippen molar-refractivity contribution in [1.29, 1.82) is 0 Å². The molecule has 0 saturated carbocycles. The molecule has 5 rings (SSSR count). The van der Waals surface area contributed by atoms with Crippen LogP contribution in [-0.4, -0.2) is 49.4 Å². The van der Waals surface area contributed by atoms with E-state index < -0.39 is 0 Å². The van der Waals surface area contributed by atoms with Crippen molar-refractivity contribution in [3.8, 4) is 0 Å². The van der Waals surface area contributed by atoms with Crippen LogP contribution in [0.5, 0.6) is 0 Å². The van der Waals surface area contributed by atoms with Crippen LogP contribution in [0.4, 0.5) is 0 Å². The molecule has 0 aromatic carbocycles. The Balaban J connectivity index is 1.38. The molecule has 0 aromatic heterocycles. The van der Waals surface area contributed by atoms with Crippen molar-refractivity contribution in [2.45, 2.75) is 42.3 Å². The second kappa shape index (κ2) is 6.47. The number of piperidine rings is 1. The van der Waals surface area contributed by atoms with Crippen molar-refractivity contribution in [2.75, 3.05) is 17.5 Å². The molecule has 1 aliphatic carbocycles. The molecule has 5 aliphatic rings. The average molecular weight is 428 g/mol. The standard InChI is InChI=1S/C17H24IN4O/c1-11(20-16-8-18-16)14-3-2-4-15(17(14)23)19-5-6-22-9-12-7-13(10-22)21-12/h3,5-6,12-13,16,19,21,23H,2,4,7-10H2,1H3/q-1/p+1. The van der Waals surface area contributed by atoms with Crippen LogP contribution >= 0.6 is 0 Å². The minimum atomic E-state index is 0.327. The maximum absolute atomic E-state index is 10.5. The number of nitrogens with two attached hydrogens (primary N) is 1. The molecule has 0 aromatic rings. The first kappa shape index (κ1) is 15.5. The van der Waals surface area contributed by atoms with Gasteiger partial charge in [-0.25, -0.2) is 0 Å². The molecule has 4 heterocycles. The summed E-state index contributed by atoms with van der Waals surface area (Å²) in [5.41, 5.74) is 2.85. The first-order valence-electron chi connectivity index (χ1n) is 8.46. The normalized spacial score (nSPS) is 34.0. The van der Waals surface area contributed by atoms with Gasteiger partial charge in [-0.15, -0.1) is 0 Å². The van der Waals surface area contributed by atoms with Crippen molar-refractivity contribution in [3.63, 3.8) is 0 Å². The third kappa shape index (κ3) is 3.57. The molecule has 3 unspecified atom stereocenters. The van der Waals surface area contributed by atoms with Crippen LogP contribution in [0.15, 0.2) is 40.5 Å². The van der Waals surface area contributed by atoms with Gasteiger partial charge < -0.3 is 5.32 Å². The number of fused-ring (bicyclic) bond motifs is 2. The van der Waals surface area contributed by atoms with E-state index in [1.165, 1.54) is 10.8 Å². The van der Waals surface area contributed by atoms with E-state index in [4.69, 9.17) is 4.99 Å². The summed E-state index contributed by atoms with van der Waals surface area (Å²) >= 11 is 0.327. The van der Waals surface area contributed by atoms with Crippen molar-refractivity contribution in [1.82, 2.24) is 10.2 Å². The number of aliphatic hydroxyl groups excluding tert-OH is 1. The Hall–Kier alpha value is -1.02. The molecule has 4 saturated heterocycles. The fourth-order valence-electron chi connectivity index (χ4n) is 3.63. The number of allylic oxidation sites excluding steroid dienone is 3. The van der Waals surface area contributed by atoms with Crippen molar-refractivity contribution >= 4 is 5.71 Å². The summed E-state index contributed by atoms with van der Waals surface area (Å²) in [7, 11) is 0. The first-order chi connectivity index (χ1) is 11.2. The monoisotopic (exact) mass is 428 g/mol. The Kier molecular flexibility index (Phi) is 4.36. The van der Waals surface area contributed by atoms with Crippen molar-refractivity contribution in [3.05, 3.63) is 35.5 Å². The van der Waals surface area contributed by atoms with Crippen molar-refractivity contribution in [2.24, 2.45) is 4.99 Å². The first-order valence-corrected chi connectivity index (χ1v) is 11.2. The number of aliphatic hydroxyl groups is 1. The average Bonchev–Trinajstić information content (AvgIpc) is 3.32. The van der Waals surface area contributed by atoms with Crippen molar-refractivity contribution < 1.29 is 31.6 Å². The van der Waals surface area contributed by atoms with Gasteiger partial charge in [0, 0.05) is 0 Å². The fraction of sp³-hybridized carbons (Fsp3) is 0.588. The molecule has 0 radical (unpaired) electrons. The number of piperazine rings is 1. The summed E-state index contributed by atoms with van der Waals surface area (Å²) in [5, 5.41) is 16.3. The van der Waals surface area contributed by atoms with Crippen LogP contribution in [0, 0.1) is 0 Å². The van der Waals surface area contributed by atoms with Crippen LogP contribution in [-0.2, 0) is 0 Å². The topological polar surface area (TPSA) is 64.5 Å². The summed E-state index contributed by atoms with van der Waals surface area (Å²) in [5.74, 6) is 0.385. The van der Waals surface area contributed by atoms with E-state index in [2.05, 4.69) is 27.8 Å². The van der Waals surface area contributed by atoms with E-state index in [1.807, 2.05) is 13.1 Å². The maximum atomic E-state index is 10.5. The van der Waals surface area contributed by atoms with Gasteiger partial charge in [-0.05, 0) is 0 Å². The third-order valence-electron chi connectivity index (χ3n) is 4.93. The van der Waals surface area contributed by atoms with Gasteiger partial charge in [0.25, 0.3) is 0 Å². The van der Waals surface area contributed by atoms with E-state index in [9.17, 15) is 5.11 Å². The van der Waals surface area contributed by atoms with Gasteiger partial charge in [-0.3, -0.25) is 0 Å². The van der Waals surface area contributed by atoms with Crippen LogP contribution < -0.4 is 31.8 Å². The number of quaternary nitrogens is 1. The molecule has 126 valence electrons. The Labute approximate surface area is 147 Å². The number of rotatable bonds is 5. The number of hydrogen-bond donors (Lipinski definition) is 3. The minimum absolute atomic E-state index is 0.327. The molecule has 4 aliphatic heterocycles. The number of aliphatic imine (C=N–C) groups is 1. The van der Waals surface area contributed by atoms with E-state index >= 15 is 0 Å². The van der Waals surface area contributed by atoms with E-state index in [-0.39, 0.29) is 0 Å². The third-order valence-corrected chi connectivity index (χ3v) is 6.88. The van der Waals surface area contributed by atoms with Gasteiger partial charge in [0.1, 0.15) is 0 Å². The van der Waals surface area contributed by atoms with Crippen LogP contribution in [0.3, 0.4) is 0 Å². The quantitative estimate of drug-likeness (QED) is 0.196. The Morgan fingerprint density at radius 3 is 2.91 bits per heavy atom. The van der Waals surface area contributed by atoms with Gasteiger partial charge in [-0.2, -0.15) is 0 Å². The van der Waals surface area contributed by atoms with Crippen LogP contribution in [0.25, 0.3) is 0 Å². The second-order valence-corrected chi connectivity index (χ2v) is 10.0. The van der Waals surface area contributed by atoms with E-state index in [1.54, 1.807) is 0 Å². The molecule has 23 heavy (non-hydrogen) atoms. The van der Waals surface area contributed by atoms with E-state index in [0.29, 0.717) is 31.0 Å². The molecule has 2 bridgehead atoms. The molecule has 4 fully saturated rings. The molecular formula is C17H25IN4O. The molecule has 6 heteroatoms. The summed E-state index contributed by atoms with van der Waals surface area (Å²) in [4.78, 5) is 7.09. The predicted octanol–water partition coefficient (Wildman–Crippen LogP) is -2.55. The molecule has 4 N–H and O–H groups in total. The Morgan fingerprint density at radius 1 is 1.48 bits per heavy atom. The van der Waals surface area contributed by atoms with Crippen LogP contribution in [0.2, 0.25) is 0 Å². The number of hydrogen-bond acceptors (Lipinski definition) is 4. The van der Waals surface area contributed by atoms with Crippen LogP contribution in [0.1, 0.15) is 26.2 Å². The molecule has 5 nitrogen and oxygen atoms in total. The number of nitrogens with zero attached hydrogens (tertiary/aromatic N) is 2. The Bertz CT molecular complexity index is 590. The number of nitrogens with one attached hydrogen (secondary N) is 1. The number of alkyl halides is 2. The molecule has 0 spiro atoms. The predicted molar refractivity (Wildman–Crippen MR) is 86.7 cm³/mol. The summed E-state index contributed by atoms with van der Waals surface area (Å²) in [6.45, 7) is 4.31. The summed E-state index contributed by atoms with van der Waals surface area (Å²) < 4.78 is 1.90. The zero-order chi connectivity index (χ0) is 15.8. The van der Waals surface area contributed by atoms with Gasteiger partial charge in [0.15, 0.2) is 0 Å². The summed E-state index contributed by atoms with van der Waals surface area (Å²) in [6, 6.07) is 1.58. The van der Waals surface area contributed by atoms with E-state index in [0.717, 1.165) is 55.0 Å². The zero-order valence-corrected chi connectivity index (χ0v) is 15.7. The van der Waals surface area contributed by atoms with Gasteiger partial charge in [-0.1, -0.05) is 0 Å². The fourth-order valence-corrected chi connectivity index (χ4v) is 4.67. The summed E-state index contributed by atoms with van der Waals surface area (Å²) in [6.07, 6.45) is 9.45.